The number of allylic oxidation sites excluding steroid dienone is 3. The summed E-state index contributed by atoms with van der Waals surface area (Å²) in [5.74, 6) is 0.909. The van der Waals surface area contributed by atoms with E-state index < -0.39 is 5.54 Å². The molecule has 5 heteroatoms. The van der Waals surface area contributed by atoms with Gasteiger partial charge in [-0.1, -0.05) is 62.5 Å². The Hall–Kier alpha value is -1.88. The Morgan fingerprint density at radius 2 is 2.08 bits per heavy atom. The molecule has 3 atom stereocenters. The van der Waals surface area contributed by atoms with E-state index in [1.807, 2.05) is 18.2 Å². The van der Waals surface area contributed by atoms with Crippen molar-refractivity contribution in [3.8, 4) is 0 Å². The second-order valence-corrected chi connectivity index (χ2v) is 7.86. The Kier molecular flexibility index (Phi) is 5.97. The van der Waals surface area contributed by atoms with E-state index in [4.69, 9.17) is 10.1 Å². The van der Waals surface area contributed by atoms with Gasteiger partial charge in [0.2, 0.25) is 0 Å². The van der Waals surface area contributed by atoms with Crippen LogP contribution < -0.4 is 5.32 Å². The molecule has 26 heavy (non-hydrogen) atoms. The van der Waals surface area contributed by atoms with Crippen LogP contribution in [0.25, 0.3) is 0 Å². The van der Waals surface area contributed by atoms with Crippen LogP contribution in [0.2, 0.25) is 0 Å². The zero-order valence-electron chi connectivity index (χ0n) is 15.7. The van der Waals surface area contributed by atoms with Gasteiger partial charge in [0.15, 0.2) is 5.96 Å². The molecule has 0 aromatic rings. The highest BCUT2D eigenvalue weighted by Gasteiger charge is 2.50. The molecular weight excluding hydrogens is 326 g/mol. The molecule has 3 unspecified atom stereocenters. The first kappa shape index (κ1) is 18.9. The van der Waals surface area contributed by atoms with Gasteiger partial charge in [0.25, 0.3) is 5.91 Å². The second-order valence-electron chi connectivity index (χ2n) is 7.86. The summed E-state index contributed by atoms with van der Waals surface area (Å²) in [6.07, 6.45) is 17.8. The minimum atomic E-state index is -0.804. The molecule has 1 heterocycles. The van der Waals surface area contributed by atoms with Crippen molar-refractivity contribution in [1.82, 2.24) is 10.2 Å². The second kappa shape index (κ2) is 8.21. The molecule has 0 spiro atoms. The molecular formula is C21H31N3O2. The van der Waals surface area contributed by atoms with Gasteiger partial charge in [-0.05, 0) is 18.8 Å². The fraction of sp³-hybridized carbons (Fsp3) is 0.619. The molecule has 0 aromatic heterocycles. The van der Waals surface area contributed by atoms with Crippen LogP contribution >= 0.6 is 0 Å². The van der Waals surface area contributed by atoms with Gasteiger partial charge in [-0.2, -0.15) is 0 Å². The topological polar surface area (TPSA) is 65.4 Å². The van der Waals surface area contributed by atoms with Gasteiger partial charge in [0.1, 0.15) is 5.54 Å². The van der Waals surface area contributed by atoms with Crippen molar-refractivity contribution in [3.63, 3.8) is 0 Å². The van der Waals surface area contributed by atoms with Crippen molar-refractivity contribution in [1.29, 1.82) is 5.41 Å². The van der Waals surface area contributed by atoms with Crippen molar-refractivity contribution < 1.29 is 9.53 Å². The molecule has 3 aliphatic rings. The zero-order chi connectivity index (χ0) is 18.6. The molecule has 2 fully saturated rings. The molecule has 1 amide bonds. The third-order valence-corrected chi connectivity index (χ3v) is 5.92. The molecule has 1 saturated heterocycles. The number of carbonyl (C=O) groups excluding carboxylic acids is 1. The summed E-state index contributed by atoms with van der Waals surface area (Å²) in [4.78, 5) is 14.4. The Bertz CT molecular complexity index is 606. The van der Waals surface area contributed by atoms with E-state index >= 15 is 0 Å². The van der Waals surface area contributed by atoms with Crippen molar-refractivity contribution >= 4 is 11.9 Å². The summed E-state index contributed by atoms with van der Waals surface area (Å²) in [6, 6.07) is 0. The van der Waals surface area contributed by atoms with Gasteiger partial charge >= 0.3 is 0 Å². The number of carbonyl (C=O) groups is 1. The number of nitrogens with one attached hydrogen (secondary N) is 2. The van der Waals surface area contributed by atoms with Gasteiger partial charge in [0, 0.05) is 13.0 Å². The molecule has 0 aromatic carbocycles. The predicted molar refractivity (Wildman–Crippen MR) is 104 cm³/mol. The molecule has 0 bridgehead atoms. The Labute approximate surface area is 156 Å². The van der Waals surface area contributed by atoms with Crippen molar-refractivity contribution in [2.24, 2.45) is 11.8 Å². The van der Waals surface area contributed by atoms with Gasteiger partial charge in [0.05, 0.1) is 12.7 Å². The lowest BCUT2D eigenvalue weighted by Crippen LogP contribution is -2.53. The van der Waals surface area contributed by atoms with E-state index in [0.29, 0.717) is 12.5 Å². The number of hydrogen-bond acceptors (Lipinski definition) is 3. The van der Waals surface area contributed by atoms with Crippen LogP contribution in [0, 0.1) is 17.2 Å². The number of hydrogen-bond donors (Lipinski definition) is 2. The maximum Gasteiger partial charge on any atom is 0.257 e. The summed E-state index contributed by atoms with van der Waals surface area (Å²) in [5, 5.41) is 11.3. The smallest absolute Gasteiger partial charge is 0.257 e. The molecule has 1 aliphatic heterocycles. The number of rotatable bonds is 7. The van der Waals surface area contributed by atoms with Crippen molar-refractivity contribution in [3.05, 3.63) is 37.0 Å². The Morgan fingerprint density at radius 1 is 1.35 bits per heavy atom. The Balaban J connectivity index is 1.72. The molecule has 2 N–H and O–H groups in total. The van der Waals surface area contributed by atoms with Crippen LogP contribution in [0.4, 0.5) is 0 Å². The van der Waals surface area contributed by atoms with E-state index in [2.05, 4.69) is 24.0 Å². The first-order valence-corrected chi connectivity index (χ1v) is 9.78. The predicted octanol–water partition coefficient (Wildman–Crippen LogP) is 3.40. The highest BCUT2D eigenvalue weighted by atomic mass is 16.5. The van der Waals surface area contributed by atoms with Gasteiger partial charge in [-0.15, -0.1) is 6.58 Å². The summed E-state index contributed by atoms with van der Waals surface area (Å²) < 4.78 is 6.25. The van der Waals surface area contributed by atoms with Gasteiger partial charge in [-0.25, -0.2) is 0 Å². The van der Waals surface area contributed by atoms with Crippen LogP contribution in [0.1, 0.15) is 44.9 Å². The number of likely N-dealkylation sites (N-methyl/N-ethyl adjacent to an activating group) is 1. The fourth-order valence-electron chi connectivity index (χ4n) is 4.42. The average molecular weight is 357 g/mol. The first-order chi connectivity index (χ1) is 12.6. The lowest BCUT2D eigenvalue weighted by molar-refractivity contribution is -0.134. The standard InChI is InChI=1S/C21H31N3O2/c1-3-9-17-12-7-8-13-18(17)26-15-21(14-16-10-5-4-6-11-16)19(25)24(2)20(22)23-21/h3,7-8,12-13,16-18H,1,4-6,9-11,14-15H2,2H3,(H2,22,23). The van der Waals surface area contributed by atoms with Crippen LogP contribution in [0.15, 0.2) is 37.0 Å². The molecule has 2 aliphatic carbocycles. The van der Waals surface area contributed by atoms with E-state index in [1.54, 1.807) is 7.05 Å². The highest BCUT2D eigenvalue weighted by molar-refractivity contribution is 6.07. The maximum atomic E-state index is 13.0. The monoisotopic (exact) mass is 357 g/mol. The third-order valence-electron chi connectivity index (χ3n) is 5.92. The number of amides is 1. The van der Waals surface area contributed by atoms with Crippen LogP contribution in [0.3, 0.4) is 0 Å². The van der Waals surface area contributed by atoms with Crippen LogP contribution in [0.5, 0.6) is 0 Å². The minimum absolute atomic E-state index is 0.0383. The van der Waals surface area contributed by atoms with Crippen molar-refractivity contribution in [2.75, 3.05) is 13.7 Å². The Morgan fingerprint density at radius 3 is 2.73 bits per heavy atom. The van der Waals surface area contributed by atoms with E-state index in [1.165, 1.54) is 37.0 Å². The number of ether oxygens (including phenoxy) is 1. The van der Waals surface area contributed by atoms with E-state index in [0.717, 1.165) is 12.8 Å². The lowest BCUT2D eigenvalue weighted by atomic mass is 9.79. The van der Waals surface area contributed by atoms with Crippen LogP contribution in [-0.2, 0) is 9.53 Å². The van der Waals surface area contributed by atoms with Crippen molar-refractivity contribution in [2.45, 2.75) is 56.6 Å². The summed E-state index contributed by atoms with van der Waals surface area (Å²) in [7, 11) is 1.67. The lowest BCUT2D eigenvalue weighted by Gasteiger charge is -2.34. The first-order valence-electron chi connectivity index (χ1n) is 9.78. The minimum Gasteiger partial charge on any atom is -0.371 e. The molecule has 3 rings (SSSR count). The molecule has 142 valence electrons. The average Bonchev–Trinajstić information content (AvgIpc) is 2.86. The number of nitrogens with zero attached hydrogens (tertiary/aromatic N) is 1. The largest absolute Gasteiger partial charge is 0.371 e. The zero-order valence-corrected chi connectivity index (χ0v) is 15.7. The summed E-state index contributed by atoms with van der Waals surface area (Å²) in [5.41, 5.74) is -0.804. The fourth-order valence-corrected chi connectivity index (χ4v) is 4.42. The van der Waals surface area contributed by atoms with E-state index in [9.17, 15) is 4.79 Å². The van der Waals surface area contributed by atoms with Gasteiger partial charge in [-0.3, -0.25) is 15.1 Å². The quantitative estimate of drug-likeness (QED) is 0.686. The molecule has 1 saturated carbocycles. The molecule has 0 radical (unpaired) electrons. The van der Waals surface area contributed by atoms with Gasteiger partial charge < -0.3 is 10.1 Å². The maximum absolute atomic E-state index is 13.0. The summed E-state index contributed by atoms with van der Waals surface area (Å²) in [6.45, 7) is 4.13. The van der Waals surface area contributed by atoms with E-state index in [-0.39, 0.29) is 23.9 Å². The number of guanidine groups is 1. The SMILES string of the molecule is C=CCC1C=CC=CC1OCC1(CC2CCCCC2)NC(=N)N(C)C1=O. The highest BCUT2D eigenvalue weighted by Crippen LogP contribution is 2.34. The van der Waals surface area contributed by atoms with Crippen LogP contribution in [-0.4, -0.2) is 42.1 Å². The summed E-state index contributed by atoms with van der Waals surface area (Å²) >= 11 is 0. The molecule has 5 nitrogen and oxygen atoms in total. The third kappa shape index (κ3) is 3.93. The normalized spacial score (nSPS) is 32.1.